The van der Waals surface area contributed by atoms with E-state index in [1.165, 1.54) is 0 Å². The Hall–Kier alpha value is -1.10. The van der Waals surface area contributed by atoms with Crippen LogP contribution in [0.15, 0.2) is 0 Å². The Kier molecular flexibility index (Phi) is 12.2. The molecule has 0 aliphatic carbocycles. The second kappa shape index (κ2) is 12.9. The summed E-state index contributed by atoms with van der Waals surface area (Å²) in [5.41, 5.74) is 0. The Bertz CT molecular complexity index is 263. The normalized spacial score (nSPS) is 10.6. The molecule has 118 valence electrons. The minimum atomic E-state index is -0.243. The van der Waals surface area contributed by atoms with Crippen molar-refractivity contribution in [3.8, 4) is 0 Å². The Morgan fingerprint density at radius 1 is 0.850 bits per heavy atom. The van der Waals surface area contributed by atoms with Gasteiger partial charge in [-0.05, 0) is 31.6 Å². The van der Waals surface area contributed by atoms with E-state index in [0.29, 0.717) is 44.8 Å². The molecular weight excluding hydrogens is 260 g/mol. The molecule has 20 heavy (non-hydrogen) atoms. The van der Waals surface area contributed by atoms with E-state index in [-0.39, 0.29) is 18.5 Å². The van der Waals surface area contributed by atoms with E-state index in [4.69, 9.17) is 14.2 Å². The second-order valence-corrected chi connectivity index (χ2v) is 5.18. The van der Waals surface area contributed by atoms with Crippen LogP contribution in [0.3, 0.4) is 0 Å². The van der Waals surface area contributed by atoms with E-state index in [1.54, 1.807) is 7.11 Å². The van der Waals surface area contributed by atoms with E-state index in [0.717, 1.165) is 12.8 Å². The minimum Gasteiger partial charge on any atom is -0.466 e. The molecule has 0 aliphatic rings. The van der Waals surface area contributed by atoms with Gasteiger partial charge in [-0.1, -0.05) is 13.8 Å². The predicted octanol–water partition coefficient (Wildman–Crippen LogP) is 2.72. The Morgan fingerprint density at radius 3 is 1.90 bits per heavy atom. The van der Waals surface area contributed by atoms with Crippen molar-refractivity contribution in [2.75, 3.05) is 26.9 Å². The maximum atomic E-state index is 11.4. The Balaban J connectivity index is 3.36. The molecule has 0 fully saturated rings. The van der Waals surface area contributed by atoms with Crippen LogP contribution in [0.4, 0.5) is 0 Å². The largest absolute Gasteiger partial charge is 0.466 e. The summed E-state index contributed by atoms with van der Waals surface area (Å²) in [6.07, 6.45) is 3.99. The van der Waals surface area contributed by atoms with Crippen LogP contribution >= 0.6 is 0 Å². The fourth-order valence-electron chi connectivity index (χ4n) is 1.60. The number of hydrogen-bond donors (Lipinski definition) is 0. The molecule has 0 rings (SSSR count). The van der Waals surface area contributed by atoms with Gasteiger partial charge in [0.1, 0.15) is 6.61 Å². The molecule has 0 bridgehead atoms. The van der Waals surface area contributed by atoms with Gasteiger partial charge in [-0.15, -0.1) is 0 Å². The quantitative estimate of drug-likeness (QED) is 0.408. The third-order valence-electron chi connectivity index (χ3n) is 2.75. The predicted molar refractivity (Wildman–Crippen MR) is 76.3 cm³/mol. The molecule has 0 radical (unpaired) electrons. The summed E-state index contributed by atoms with van der Waals surface area (Å²) in [7, 11) is 1.56. The molecule has 0 amide bonds. The lowest BCUT2D eigenvalue weighted by Gasteiger charge is -2.06. The van der Waals surface area contributed by atoms with Crippen LogP contribution < -0.4 is 0 Å². The van der Waals surface area contributed by atoms with Gasteiger partial charge in [0.25, 0.3) is 0 Å². The van der Waals surface area contributed by atoms with Crippen LogP contribution in [0, 0.1) is 5.92 Å². The Labute approximate surface area is 122 Å². The highest BCUT2D eigenvalue weighted by Gasteiger charge is 2.06. The van der Waals surface area contributed by atoms with E-state index in [1.807, 2.05) is 0 Å². The number of esters is 2. The summed E-state index contributed by atoms with van der Waals surface area (Å²) in [5.74, 6) is 0.215. The molecule has 5 nitrogen and oxygen atoms in total. The van der Waals surface area contributed by atoms with E-state index in [2.05, 4.69) is 13.8 Å². The van der Waals surface area contributed by atoms with Gasteiger partial charge in [-0.2, -0.15) is 0 Å². The maximum Gasteiger partial charge on any atom is 0.305 e. The van der Waals surface area contributed by atoms with Gasteiger partial charge in [-0.25, -0.2) is 0 Å². The first-order valence-electron chi connectivity index (χ1n) is 7.36. The lowest BCUT2D eigenvalue weighted by Crippen LogP contribution is -2.10. The zero-order valence-electron chi connectivity index (χ0n) is 13.0. The lowest BCUT2D eigenvalue weighted by molar-refractivity contribution is -0.146. The van der Waals surface area contributed by atoms with E-state index in [9.17, 15) is 9.59 Å². The van der Waals surface area contributed by atoms with Crippen molar-refractivity contribution in [3.63, 3.8) is 0 Å². The van der Waals surface area contributed by atoms with E-state index >= 15 is 0 Å². The van der Waals surface area contributed by atoms with Crippen LogP contribution in [0.1, 0.15) is 52.4 Å². The van der Waals surface area contributed by atoms with Crippen molar-refractivity contribution in [2.45, 2.75) is 52.4 Å². The molecule has 0 aromatic heterocycles. The van der Waals surface area contributed by atoms with Gasteiger partial charge in [0, 0.05) is 20.0 Å². The van der Waals surface area contributed by atoms with Crippen molar-refractivity contribution in [1.82, 2.24) is 0 Å². The van der Waals surface area contributed by atoms with Gasteiger partial charge in [0.2, 0.25) is 0 Å². The summed E-state index contributed by atoms with van der Waals surface area (Å²) in [5, 5.41) is 0. The van der Waals surface area contributed by atoms with Crippen molar-refractivity contribution in [1.29, 1.82) is 0 Å². The van der Waals surface area contributed by atoms with Crippen LogP contribution in [0.2, 0.25) is 0 Å². The van der Waals surface area contributed by atoms with Crippen molar-refractivity contribution < 1.29 is 23.8 Å². The molecule has 0 spiro atoms. The van der Waals surface area contributed by atoms with E-state index < -0.39 is 0 Å². The number of ether oxygens (including phenoxy) is 3. The third kappa shape index (κ3) is 13.3. The smallest absolute Gasteiger partial charge is 0.305 e. The molecule has 0 heterocycles. The fraction of sp³-hybridized carbons (Fsp3) is 0.867. The van der Waals surface area contributed by atoms with Crippen molar-refractivity contribution >= 4 is 11.9 Å². The molecule has 0 N–H and O–H groups in total. The third-order valence-corrected chi connectivity index (χ3v) is 2.75. The first kappa shape index (κ1) is 18.9. The first-order valence-corrected chi connectivity index (χ1v) is 7.36. The van der Waals surface area contributed by atoms with Gasteiger partial charge >= 0.3 is 11.9 Å². The number of rotatable bonds is 12. The van der Waals surface area contributed by atoms with Gasteiger partial charge in [0.05, 0.1) is 13.2 Å². The summed E-state index contributed by atoms with van der Waals surface area (Å²) in [6.45, 7) is 5.48. The number of hydrogen-bond acceptors (Lipinski definition) is 5. The number of carbonyl (C=O) groups excluding carboxylic acids is 2. The van der Waals surface area contributed by atoms with Gasteiger partial charge < -0.3 is 14.2 Å². The first-order chi connectivity index (χ1) is 9.56. The topological polar surface area (TPSA) is 61.8 Å². The highest BCUT2D eigenvalue weighted by Crippen LogP contribution is 2.06. The minimum absolute atomic E-state index is 0.179. The maximum absolute atomic E-state index is 11.4. The average Bonchev–Trinajstić information content (AvgIpc) is 2.40. The number of unbranched alkanes of at least 4 members (excludes halogenated alkanes) is 1. The van der Waals surface area contributed by atoms with Crippen molar-refractivity contribution in [2.24, 2.45) is 5.92 Å². The highest BCUT2D eigenvalue weighted by molar-refractivity contribution is 5.70. The van der Waals surface area contributed by atoms with Crippen LogP contribution in [-0.2, 0) is 23.8 Å². The standard InChI is InChI=1S/C15H28O5/c1-13(2)7-6-10-19-14(16)8-4-5-9-15(17)20-12-11-18-3/h13H,4-12H2,1-3H3. The molecule has 5 heteroatoms. The van der Waals surface area contributed by atoms with Gasteiger partial charge in [0.15, 0.2) is 0 Å². The molecular formula is C15H28O5. The molecule has 0 atom stereocenters. The fourth-order valence-corrected chi connectivity index (χ4v) is 1.60. The number of methoxy groups -OCH3 is 1. The summed E-state index contributed by atoms with van der Waals surface area (Å²) < 4.78 is 14.8. The van der Waals surface area contributed by atoms with Crippen LogP contribution in [0.5, 0.6) is 0 Å². The molecule has 0 saturated heterocycles. The average molecular weight is 288 g/mol. The summed E-state index contributed by atoms with van der Waals surface area (Å²) in [4.78, 5) is 22.6. The van der Waals surface area contributed by atoms with Crippen molar-refractivity contribution in [3.05, 3.63) is 0 Å². The van der Waals surface area contributed by atoms with Crippen LogP contribution in [-0.4, -0.2) is 38.9 Å². The molecule has 0 aromatic carbocycles. The zero-order valence-corrected chi connectivity index (χ0v) is 13.0. The number of carbonyl (C=O) groups is 2. The molecule has 0 aliphatic heterocycles. The molecule has 0 aromatic rings. The van der Waals surface area contributed by atoms with Gasteiger partial charge in [-0.3, -0.25) is 9.59 Å². The Morgan fingerprint density at radius 2 is 1.40 bits per heavy atom. The highest BCUT2D eigenvalue weighted by atomic mass is 16.6. The summed E-state index contributed by atoms with van der Waals surface area (Å²) in [6, 6.07) is 0. The second-order valence-electron chi connectivity index (χ2n) is 5.18. The zero-order chi connectivity index (χ0) is 15.2. The molecule has 0 saturated carbocycles. The lowest BCUT2D eigenvalue weighted by atomic mass is 10.1. The summed E-state index contributed by atoms with van der Waals surface area (Å²) >= 11 is 0. The SMILES string of the molecule is COCCOC(=O)CCCCC(=O)OCCCC(C)C. The van der Waals surface area contributed by atoms with Crippen LogP contribution in [0.25, 0.3) is 0 Å². The monoisotopic (exact) mass is 288 g/mol. The molecule has 0 unspecified atom stereocenters.